The Labute approximate surface area is 101 Å². The highest BCUT2D eigenvalue weighted by atomic mass is 35.5. The molecule has 1 unspecified atom stereocenters. The monoisotopic (exact) mass is 245 g/mol. The number of halogens is 1. The van der Waals surface area contributed by atoms with Gasteiger partial charge in [0.1, 0.15) is 5.02 Å². The van der Waals surface area contributed by atoms with Crippen LogP contribution in [0.15, 0.2) is 11.0 Å². The summed E-state index contributed by atoms with van der Waals surface area (Å²) in [5, 5.41) is 8.32. The van der Waals surface area contributed by atoms with Gasteiger partial charge >= 0.3 is 0 Å². The number of nitrogens with one attached hydrogen (secondary N) is 2. The molecule has 2 rings (SSSR count). The van der Waals surface area contributed by atoms with E-state index in [0.717, 1.165) is 12.8 Å². The molecule has 0 amide bonds. The van der Waals surface area contributed by atoms with Crippen molar-refractivity contribution in [3.8, 4) is 0 Å². The highest BCUT2D eigenvalue weighted by Gasteiger charge is 2.14. The van der Waals surface area contributed by atoms with Gasteiger partial charge in [-0.05, 0) is 18.8 Å². The minimum atomic E-state index is -1.69. The first-order valence-corrected chi connectivity index (χ1v) is 5.47. The highest BCUT2D eigenvalue weighted by molar-refractivity contribution is 6.32. The number of anilines is 1. The third-order valence-electron chi connectivity index (χ3n) is 2.37. The van der Waals surface area contributed by atoms with Crippen LogP contribution in [0.4, 0.5) is 5.69 Å². The van der Waals surface area contributed by atoms with Gasteiger partial charge in [0.15, 0.2) is 0 Å². The third kappa shape index (κ3) is 2.74. The summed E-state index contributed by atoms with van der Waals surface area (Å²) in [6, 6.07) is 0. The van der Waals surface area contributed by atoms with Crippen LogP contribution >= 0.6 is 11.6 Å². The van der Waals surface area contributed by atoms with Crippen LogP contribution in [0.3, 0.4) is 0 Å². The third-order valence-corrected chi connectivity index (χ3v) is 2.74. The average molecular weight is 246 g/mol. The summed E-state index contributed by atoms with van der Waals surface area (Å²) in [6.07, 6.45) is 2.85. The van der Waals surface area contributed by atoms with Gasteiger partial charge in [-0.2, -0.15) is 5.10 Å². The van der Waals surface area contributed by atoms with Crippen LogP contribution in [0, 0.1) is 5.92 Å². The van der Waals surface area contributed by atoms with Crippen molar-refractivity contribution in [2.45, 2.75) is 12.8 Å². The Morgan fingerprint density at radius 1 is 1.81 bits per heavy atom. The van der Waals surface area contributed by atoms with Crippen molar-refractivity contribution in [3.05, 3.63) is 21.6 Å². The summed E-state index contributed by atoms with van der Waals surface area (Å²) < 4.78 is 21.3. The molecule has 1 aromatic heterocycles. The second-order valence-corrected chi connectivity index (χ2v) is 3.99. The number of hydrogen-bond donors (Lipinski definition) is 2. The van der Waals surface area contributed by atoms with Crippen LogP contribution in [-0.2, 0) is 4.74 Å². The Hall–Kier alpha value is -1.07. The van der Waals surface area contributed by atoms with E-state index in [0.29, 0.717) is 13.2 Å². The van der Waals surface area contributed by atoms with Gasteiger partial charge in [0.05, 0.1) is 18.5 Å². The molecule has 88 valence electrons. The molecule has 6 heteroatoms. The van der Waals surface area contributed by atoms with Crippen LogP contribution in [0.25, 0.3) is 0 Å². The molecule has 0 radical (unpaired) electrons. The molecule has 0 aromatic carbocycles. The van der Waals surface area contributed by atoms with Crippen molar-refractivity contribution in [2.75, 3.05) is 25.0 Å². The van der Waals surface area contributed by atoms with Gasteiger partial charge < -0.3 is 10.1 Å². The first-order valence-electron chi connectivity index (χ1n) is 6.10. The van der Waals surface area contributed by atoms with Crippen LogP contribution in [0.1, 0.15) is 15.6 Å². The lowest BCUT2D eigenvalue weighted by atomic mass is 10.0. The van der Waals surface area contributed by atoms with E-state index in [1.165, 1.54) is 6.20 Å². The van der Waals surface area contributed by atoms with Crippen molar-refractivity contribution >= 4 is 17.3 Å². The van der Waals surface area contributed by atoms with Gasteiger partial charge in [-0.1, -0.05) is 11.6 Å². The second-order valence-electron chi connectivity index (χ2n) is 3.61. The van der Waals surface area contributed by atoms with E-state index in [4.69, 9.17) is 19.1 Å². The average Bonchev–Trinajstić information content (AvgIpc) is 2.36. The second kappa shape index (κ2) is 5.32. The van der Waals surface area contributed by atoms with E-state index in [2.05, 4.69) is 15.5 Å². The predicted octanol–water partition coefficient (Wildman–Crippen LogP) is 1.26. The lowest BCUT2D eigenvalue weighted by Gasteiger charge is -2.22. The van der Waals surface area contributed by atoms with Crippen LogP contribution < -0.4 is 10.9 Å². The van der Waals surface area contributed by atoms with Crippen molar-refractivity contribution in [1.29, 1.82) is 0 Å². The quantitative estimate of drug-likeness (QED) is 0.842. The molecule has 0 bridgehead atoms. The topological polar surface area (TPSA) is 67.0 Å². The normalized spacial score (nSPS) is 23.4. The lowest BCUT2D eigenvalue weighted by molar-refractivity contribution is 0.0595. The lowest BCUT2D eigenvalue weighted by Crippen LogP contribution is -2.25. The molecule has 0 saturated carbocycles. The maximum atomic E-state index is 11.3. The van der Waals surface area contributed by atoms with E-state index < -0.39 is 12.1 Å². The van der Waals surface area contributed by atoms with E-state index in [1.54, 1.807) is 0 Å². The fraction of sp³-hybridized carbons (Fsp3) is 0.600. The van der Waals surface area contributed by atoms with E-state index in [9.17, 15) is 4.79 Å². The van der Waals surface area contributed by atoms with Crippen LogP contribution in [0.2, 0.25) is 5.02 Å². The van der Waals surface area contributed by atoms with Gasteiger partial charge in [0.25, 0.3) is 5.56 Å². The summed E-state index contributed by atoms with van der Waals surface area (Å²) in [5.41, 5.74) is -0.353. The molecule has 1 aliphatic heterocycles. The fourth-order valence-corrected chi connectivity index (χ4v) is 1.64. The fourth-order valence-electron chi connectivity index (χ4n) is 1.51. The van der Waals surface area contributed by atoms with Crippen molar-refractivity contribution in [3.63, 3.8) is 0 Å². The smallest absolute Gasteiger partial charge is 0.285 e. The summed E-state index contributed by atoms with van der Waals surface area (Å²) >= 11 is 5.79. The zero-order valence-corrected chi connectivity index (χ0v) is 9.38. The molecule has 1 atom stereocenters. The molecule has 2 heterocycles. The van der Waals surface area contributed by atoms with Gasteiger partial charge in [-0.25, -0.2) is 5.10 Å². The maximum absolute atomic E-state index is 11.3. The van der Waals surface area contributed by atoms with Gasteiger partial charge in [-0.15, -0.1) is 0 Å². The molecule has 5 nitrogen and oxygen atoms in total. The number of H-pyrrole nitrogens is 1. The van der Waals surface area contributed by atoms with Gasteiger partial charge in [0, 0.05) is 15.8 Å². The van der Waals surface area contributed by atoms with Crippen molar-refractivity contribution in [2.24, 2.45) is 5.92 Å². The Kier molecular flexibility index (Phi) is 2.99. The molecule has 2 N–H and O–H groups in total. The zero-order chi connectivity index (χ0) is 13.2. The Morgan fingerprint density at radius 3 is 3.44 bits per heavy atom. The molecule has 1 saturated heterocycles. The molecule has 0 aliphatic carbocycles. The molecule has 0 spiro atoms. The van der Waals surface area contributed by atoms with Crippen molar-refractivity contribution in [1.82, 2.24) is 10.2 Å². The Balaban J connectivity index is 2.16. The Bertz CT molecular complexity index is 474. The minimum Gasteiger partial charge on any atom is -0.382 e. The first-order chi connectivity index (χ1) is 8.50. The summed E-state index contributed by atoms with van der Waals surface area (Å²) in [4.78, 5) is 11.3. The molecule has 1 aliphatic rings. The highest BCUT2D eigenvalue weighted by Crippen LogP contribution is 2.18. The molecule has 16 heavy (non-hydrogen) atoms. The van der Waals surface area contributed by atoms with Crippen molar-refractivity contribution < 1.29 is 7.48 Å². The predicted molar refractivity (Wildman–Crippen MR) is 61.9 cm³/mol. The maximum Gasteiger partial charge on any atom is 0.285 e. The number of aromatic amines is 1. The molecule has 1 fully saturated rings. The van der Waals surface area contributed by atoms with Crippen LogP contribution in [0.5, 0.6) is 0 Å². The SMILES string of the molecule is [2H]C([2H])(Nc1cn[nH]c(=O)c1Cl)C1CCCOC1. The number of nitrogens with zero attached hydrogens (tertiary/aromatic N) is 1. The zero-order valence-electron chi connectivity index (χ0n) is 10.6. The van der Waals surface area contributed by atoms with E-state index in [1.807, 2.05) is 0 Å². The van der Waals surface area contributed by atoms with E-state index >= 15 is 0 Å². The standard InChI is InChI=1S/C10H14ClN3O2/c11-9-8(5-13-14-10(9)15)12-4-7-2-1-3-16-6-7/h5,7H,1-4,6H2,(H2,12,14,15)/i4D2. The minimum absolute atomic E-state index is 0.0920. The van der Waals surface area contributed by atoms with Gasteiger partial charge in [-0.3, -0.25) is 4.79 Å². The number of ether oxygens (including phenoxy) is 1. The molecular formula is C10H14ClN3O2. The summed E-state index contributed by atoms with van der Waals surface area (Å²) in [5.74, 6) is -0.276. The Morgan fingerprint density at radius 2 is 2.69 bits per heavy atom. The number of rotatable bonds is 3. The van der Waals surface area contributed by atoms with E-state index in [-0.39, 0.29) is 16.6 Å². The number of hydrogen-bond acceptors (Lipinski definition) is 4. The summed E-state index contributed by atoms with van der Waals surface area (Å²) in [7, 11) is 0. The largest absolute Gasteiger partial charge is 0.382 e. The van der Waals surface area contributed by atoms with Crippen LogP contribution in [-0.4, -0.2) is 29.9 Å². The number of aromatic nitrogens is 2. The van der Waals surface area contributed by atoms with Gasteiger partial charge in [0.2, 0.25) is 0 Å². The molecular weight excluding hydrogens is 230 g/mol. The first kappa shape index (κ1) is 9.01. The summed E-state index contributed by atoms with van der Waals surface area (Å²) in [6.45, 7) is -0.673. The molecule has 1 aromatic rings.